The van der Waals surface area contributed by atoms with Gasteiger partial charge in [0.15, 0.2) is 4.34 Å². The largest absolute Gasteiger partial charge is 0.363 e. The standard InChI is InChI=1S/C10H7ClN2O3S2/c1-6-2-4-7(5-3-6)18(16)10-12-8(11)9(17-10)13(14)15/h2-5H,1H3. The van der Waals surface area contributed by atoms with Gasteiger partial charge in [-0.25, -0.2) is 9.19 Å². The van der Waals surface area contributed by atoms with Crippen molar-refractivity contribution in [1.82, 2.24) is 4.98 Å². The Kier molecular flexibility index (Phi) is 3.74. The molecule has 0 saturated carbocycles. The Bertz CT molecular complexity index is 625. The van der Waals surface area contributed by atoms with Gasteiger partial charge in [-0.15, -0.1) is 0 Å². The second-order valence-electron chi connectivity index (χ2n) is 3.41. The van der Waals surface area contributed by atoms with Crippen LogP contribution in [0.5, 0.6) is 0 Å². The summed E-state index contributed by atoms with van der Waals surface area (Å²) in [6.07, 6.45) is 0. The van der Waals surface area contributed by atoms with Crippen molar-refractivity contribution < 1.29 is 9.13 Å². The van der Waals surface area contributed by atoms with Crippen molar-refractivity contribution in [3.8, 4) is 0 Å². The van der Waals surface area contributed by atoms with Crippen molar-refractivity contribution in [2.45, 2.75) is 16.2 Å². The van der Waals surface area contributed by atoms with Gasteiger partial charge in [0.25, 0.3) is 0 Å². The molecule has 0 aliphatic rings. The molecule has 5 nitrogen and oxygen atoms in total. The lowest BCUT2D eigenvalue weighted by atomic mass is 10.2. The van der Waals surface area contributed by atoms with Crippen LogP contribution in [-0.2, 0) is 10.8 Å². The maximum absolute atomic E-state index is 12.1. The summed E-state index contributed by atoms with van der Waals surface area (Å²) < 4.78 is 12.3. The topological polar surface area (TPSA) is 73.1 Å². The van der Waals surface area contributed by atoms with Gasteiger partial charge in [0.05, 0.1) is 4.92 Å². The molecular weight excluding hydrogens is 296 g/mol. The summed E-state index contributed by atoms with van der Waals surface area (Å²) >= 11 is 6.35. The molecule has 0 spiro atoms. The molecule has 18 heavy (non-hydrogen) atoms. The van der Waals surface area contributed by atoms with Crippen LogP contribution in [0.2, 0.25) is 5.15 Å². The van der Waals surface area contributed by atoms with Crippen LogP contribution in [0.1, 0.15) is 5.56 Å². The minimum absolute atomic E-state index is 0.135. The van der Waals surface area contributed by atoms with E-state index in [4.69, 9.17) is 11.6 Å². The molecule has 1 heterocycles. The van der Waals surface area contributed by atoms with Crippen molar-refractivity contribution >= 4 is 38.7 Å². The lowest BCUT2D eigenvalue weighted by Crippen LogP contribution is -1.91. The molecule has 0 amide bonds. The average Bonchev–Trinajstić information content (AvgIpc) is 2.71. The summed E-state index contributed by atoms with van der Waals surface area (Å²) in [5.41, 5.74) is 1.04. The Morgan fingerprint density at radius 3 is 2.50 bits per heavy atom. The van der Waals surface area contributed by atoms with Crippen LogP contribution in [0.25, 0.3) is 0 Å². The third-order valence-electron chi connectivity index (χ3n) is 2.11. The minimum Gasteiger partial charge on any atom is -0.257 e. The van der Waals surface area contributed by atoms with Crippen LogP contribution >= 0.6 is 22.9 Å². The molecule has 2 aromatic rings. The first-order valence-corrected chi connectivity index (χ1v) is 7.12. The highest BCUT2D eigenvalue weighted by atomic mass is 35.5. The molecule has 1 aromatic heterocycles. The van der Waals surface area contributed by atoms with E-state index >= 15 is 0 Å². The monoisotopic (exact) mass is 302 g/mol. The SMILES string of the molecule is Cc1ccc(S(=O)c2nc(Cl)c([N+](=O)[O-])s2)cc1. The third kappa shape index (κ3) is 2.58. The quantitative estimate of drug-likeness (QED) is 0.645. The van der Waals surface area contributed by atoms with Gasteiger partial charge in [0.1, 0.15) is 10.8 Å². The van der Waals surface area contributed by atoms with E-state index in [1.54, 1.807) is 12.1 Å². The van der Waals surface area contributed by atoms with Crippen LogP contribution in [0.15, 0.2) is 33.5 Å². The molecule has 0 fully saturated rings. The number of aromatic nitrogens is 1. The van der Waals surface area contributed by atoms with Crippen molar-refractivity contribution in [2.75, 3.05) is 0 Å². The zero-order valence-electron chi connectivity index (χ0n) is 9.12. The van der Waals surface area contributed by atoms with Gasteiger partial charge in [0, 0.05) is 4.90 Å². The number of nitro groups is 1. The number of hydrogen-bond acceptors (Lipinski definition) is 5. The molecule has 0 saturated heterocycles. The highest BCUT2D eigenvalue weighted by molar-refractivity contribution is 7.87. The van der Waals surface area contributed by atoms with Gasteiger partial charge in [-0.05, 0) is 30.4 Å². The molecule has 0 radical (unpaired) electrons. The molecule has 1 atom stereocenters. The molecule has 0 bridgehead atoms. The highest BCUT2D eigenvalue weighted by Crippen LogP contribution is 2.34. The Morgan fingerprint density at radius 1 is 1.39 bits per heavy atom. The normalized spacial score (nSPS) is 12.3. The fourth-order valence-electron chi connectivity index (χ4n) is 1.23. The number of benzene rings is 1. The van der Waals surface area contributed by atoms with E-state index in [2.05, 4.69) is 4.98 Å². The summed E-state index contributed by atoms with van der Waals surface area (Å²) in [7, 11) is -1.54. The summed E-state index contributed by atoms with van der Waals surface area (Å²) in [4.78, 5) is 14.3. The number of aryl methyl sites for hydroxylation is 1. The Labute approximate surface area is 114 Å². The van der Waals surface area contributed by atoms with E-state index in [1.807, 2.05) is 19.1 Å². The van der Waals surface area contributed by atoms with Crippen molar-refractivity contribution in [2.24, 2.45) is 0 Å². The molecule has 1 aromatic carbocycles. The van der Waals surface area contributed by atoms with Crippen molar-refractivity contribution in [3.63, 3.8) is 0 Å². The predicted molar refractivity (Wildman–Crippen MR) is 69.6 cm³/mol. The van der Waals surface area contributed by atoms with Gasteiger partial charge in [-0.1, -0.05) is 29.3 Å². The average molecular weight is 303 g/mol. The van der Waals surface area contributed by atoms with Gasteiger partial charge >= 0.3 is 5.00 Å². The number of nitrogens with zero attached hydrogens (tertiary/aromatic N) is 2. The van der Waals surface area contributed by atoms with E-state index in [1.165, 1.54) is 0 Å². The number of halogens is 1. The summed E-state index contributed by atoms with van der Waals surface area (Å²) in [6.45, 7) is 1.91. The first kappa shape index (κ1) is 13.1. The van der Waals surface area contributed by atoms with Crippen LogP contribution < -0.4 is 0 Å². The Morgan fingerprint density at radius 2 is 2.00 bits per heavy atom. The van der Waals surface area contributed by atoms with E-state index in [-0.39, 0.29) is 14.5 Å². The lowest BCUT2D eigenvalue weighted by Gasteiger charge is -1.98. The van der Waals surface area contributed by atoms with Gasteiger partial charge in [0.2, 0.25) is 5.15 Å². The molecule has 0 aliphatic heterocycles. The van der Waals surface area contributed by atoms with E-state index < -0.39 is 15.7 Å². The summed E-state index contributed by atoms with van der Waals surface area (Å²) in [6, 6.07) is 7.03. The molecule has 8 heteroatoms. The Hall–Kier alpha value is -1.31. The Balaban J connectivity index is 2.37. The number of thiazole rings is 1. The molecular formula is C10H7ClN2O3S2. The second-order valence-corrected chi connectivity index (χ2v) is 6.40. The van der Waals surface area contributed by atoms with Crippen LogP contribution in [0, 0.1) is 17.0 Å². The van der Waals surface area contributed by atoms with Gasteiger partial charge in [-0.3, -0.25) is 10.1 Å². The first-order valence-electron chi connectivity index (χ1n) is 4.78. The smallest absolute Gasteiger partial charge is 0.257 e. The molecule has 1 unspecified atom stereocenters. The first-order chi connectivity index (χ1) is 8.49. The minimum atomic E-state index is -1.54. The number of rotatable bonds is 3. The maximum Gasteiger partial charge on any atom is 0.363 e. The third-order valence-corrected chi connectivity index (χ3v) is 5.10. The van der Waals surface area contributed by atoms with Crippen LogP contribution in [-0.4, -0.2) is 14.1 Å². The molecule has 0 N–H and O–H groups in total. The molecule has 2 rings (SSSR count). The van der Waals surface area contributed by atoms with E-state index in [0.29, 0.717) is 4.90 Å². The molecule has 0 aliphatic carbocycles. The molecule has 94 valence electrons. The fourth-order valence-corrected chi connectivity index (χ4v) is 3.69. The summed E-state index contributed by atoms with van der Waals surface area (Å²) in [5, 5.41) is 10.1. The van der Waals surface area contributed by atoms with E-state index in [9.17, 15) is 14.3 Å². The van der Waals surface area contributed by atoms with E-state index in [0.717, 1.165) is 16.9 Å². The highest BCUT2D eigenvalue weighted by Gasteiger charge is 2.23. The summed E-state index contributed by atoms with van der Waals surface area (Å²) in [5.74, 6) is 0. The zero-order chi connectivity index (χ0) is 13.3. The van der Waals surface area contributed by atoms with Gasteiger partial charge in [-0.2, -0.15) is 0 Å². The zero-order valence-corrected chi connectivity index (χ0v) is 11.5. The predicted octanol–water partition coefficient (Wildman–Crippen LogP) is 3.18. The number of hydrogen-bond donors (Lipinski definition) is 0. The van der Waals surface area contributed by atoms with Gasteiger partial charge < -0.3 is 0 Å². The fraction of sp³-hybridized carbons (Fsp3) is 0.100. The van der Waals surface area contributed by atoms with Crippen molar-refractivity contribution in [3.05, 3.63) is 45.1 Å². The van der Waals surface area contributed by atoms with Crippen LogP contribution in [0.3, 0.4) is 0 Å². The van der Waals surface area contributed by atoms with Crippen molar-refractivity contribution in [1.29, 1.82) is 0 Å². The second kappa shape index (κ2) is 5.13. The lowest BCUT2D eigenvalue weighted by molar-refractivity contribution is -0.380. The van der Waals surface area contributed by atoms with Crippen LogP contribution in [0.4, 0.5) is 5.00 Å². The maximum atomic E-state index is 12.1.